The van der Waals surface area contributed by atoms with Crippen LogP contribution in [0, 0.1) is 23.7 Å². The van der Waals surface area contributed by atoms with E-state index in [0.717, 1.165) is 103 Å². The molecule has 0 amide bonds. The van der Waals surface area contributed by atoms with Crippen LogP contribution in [-0.4, -0.2) is 75.5 Å². The highest BCUT2D eigenvalue weighted by atomic mass is 16.5. The summed E-state index contributed by atoms with van der Waals surface area (Å²) >= 11 is 0. The van der Waals surface area contributed by atoms with Crippen LogP contribution < -0.4 is 10.6 Å². The maximum absolute atomic E-state index is 13.3. The van der Waals surface area contributed by atoms with Crippen LogP contribution in [-0.2, 0) is 38.1 Å². The Hall–Kier alpha value is -2.20. The zero-order valence-electron chi connectivity index (χ0n) is 34.7. The van der Waals surface area contributed by atoms with E-state index in [1.807, 2.05) is 0 Å². The summed E-state index contributed by atoms with van der Waals surface area (Å²) in [7, 11) is 0. The molecule has 0 aliphatic carbocycles. The molecule has 0 aromatic heterocycles. The Morgan fingerprint density at radius 2 is 0.692 bits per heavy atom. The maximum atomic E-state index is 13.3. The van der Waals surface area contributed by atoms with Gasteiger partial charge in [0.2, 0.25) is 0 Å². The predicted molar refractivity (Wildman–Crippen MR) is 210 cm³/mol. The van der Waals surface area contributed by atoms with E-state index in [1.165, 1.54) is 0 Å². The minimum Gasteiger partial charge on any atom is -0.465 e. The second-order valence-electron chi connectivity index (χ2n) is 14.7. The standard InChI is InChI=1S/C42H80N2O8/c1-9-17-21-33(13-5)29-49-39(45)27-37(41(47)51-31-35(15-7)23-19-11-3)43-25-26-44-38(42(48)52-32-36(16-8)24-20-12-4)28-40(46)50-30-34(14-6)22-18-10-2/h33-38,43-44H,9-32H2,1-8H3. The lowest BCUT2D eigenvalue weighted by atomic mass is 10.0. The van der Waals surface area contributed by atoms with Crippen molar-refractivity contribution in [1.82, 2.24) is 10.6 Å². The highest BCUT2D eigenvalue weighted by Gasteiger charge is 2.28. The van der Waals surface area contributed by atoms with Gasteiger partial charge in [0, 0.05) is 13.1 Å². The van der Waals surface area contributed by atoms with Crippen LogP contribution in [0.4, 0.5) is 0 Å². The first kappa shape index (κ1) is 49.8. The van der Waals surface area contributed by atoms with E-state index >= 15 is 0 Å². The van der Waals surface area contributed by atoms with Crippen molar-refractivity contribution in [3.63, 3.8) is 0 Å². The minimum absolute atomic E-state index is 0.153. The van der Waals surface area contributed by atoms with E-state index in [2.05, 4.69) is 66.0 Å². The molecule has 0 bridgehead atoms. The number of nitrogens with one attached hydrogen (secondary N) is 2. The van der Waals surface area contributed by atoms with Gasteiger partial charge in [0.15, 0.2) is 0 Å². The fourth-order valence-electron chi connectivity index (χ4n) is 6.04. The van der Waals surface area contributed by atoms with Crippen LogP contribution in [0.1, 0.15) is 171 Å². The first-order chi connectivity index (χ1) is 25.1. The first-order valence-corrected chi connectivity index (χ1v) is 21.2. The van der Waals surface area contributed by atoms with E-state index < -0.39 is 36.0 Å². The third-order valence-corrected chi connectivity index (χ3v) is 10.3. The monoisotopic (exact) mass is 741 g/mol. The van der Waals surface area contributed by atoms with Crippen molar-refractivity contribution in [2.24, 2.45) is 23.7 Å². The molecule has 2 N–H and O–H groups in total. The van der Waals surface area contributed by atoms with Gasteiger partial charge < -0.3 is 29.6 Å². The second kappa shape index (κ2) is 33.4. The van der Waals surface area contributed by atoms with E-state index in [-0.39, 0.29) is 37.8 Å². The number of carbonyl (C=O) groups excluding carboxylic acids is 4. The number of hydrogen-bond donors (Lipinski definition) is 2. The van der Waals surface area contributed by atoms with E-state index in [4.69, 9.17) is 18.9 Å². The quantitative estimate of drug-likeness (QED) is 0.0370. The summed E-state index contributed by atoms with van der Waals surface area (Å²) in [5, 5.41) is 6.32. The molecule has 0 rings (SSSR count). The Bertz CT molecular complexity index is 844. The lowest BCUT2D eigenvalue weighted by Gasteiger charge is -2.22. The highest BCUT2D eigenvalue weighted by Crippen LogP contribution is 2.17. The molecule has 0 spiro atoms. The van der Waals surface area contributed by atoms with Gasteiger partial charge in [-0.05, 0) is 49.4 Å². The first-order valence-electron chi connectivity index (χ1n) is 21.2. The van der Waals surface area contributed by atoms with Gasteiger partial charge in [0.05, 0.1) is 39.3 Å². The predicted octanol–water partition coefficient (Wildman–Crippen LogP) is 8.72. The second-order valence-corrected chi connectivity index (χ2v) is 14.7. The minimum atomic E-state index is -0.901. The lowest BCUT2D eigenvalue weighted by molar-refractivity contribution is -0.154. The summed E-state index contributed by atoms with van der Waals surface area (Å²) in [5.41, 5.74) is 0. The van der Waals surface area contributed by atoms with Crippen molar-refractivity contribution in [1.29, 1.82) is 0 Å². The highest BCUT2D eigenvalue weighted by molar-refractivity contribution is 5.83. The number of esters is 4. The van der Waals surface area contributed by atoms with Crippen molar-refractivity contribution in [2.75, 3.05) is 39.5 Å². The van der Waals surface area contributed by atoms with Crippen molar-refractivity contribution in [3.8, 4) is 0 Å². The van der Waals surface area contributed by atoms with Gasteiger partial charge in [-0.3, -0.25) is 19.2 Å². The van der Waals surface area contributed by atoms with Crippen LogP contribution >= 0.6 is 0 Å². The van der Waals surface area contributed by atoms with E-state index in [1.54, 1.807) is 0 Å². The molecule has 0 aromatic rings. The van der Waals surface area contributed by atoms with Crippen LogP contribution in [0.15, 0.2) is 0 Å². The fraction of sp³-hybridized carbons (Fsp3) is 0.905. The molecule has 0 radical (unpaired) electrons. The van der Waals surface area contributed by atoms with Gasteiger partial charge >= 0.3 is 23.9 Å². The number of rotatable bonds is 35. The molecule has 0 heterocycles. The molecule has 10 heteroatoms. The van der Waals surface area contributed by atoms with Crippen LogP contribution in [0.3, 0.4) is 0 Å². The Morgan fingerprint density at radius 3 is 0.942 bits per heavy atom. The molecule has 0 saturated carbocycles. The number of unbranched alkanes of at least 4 members (excludes halogenated alkanes) is 4. The molecule has 6 atom stereocenters. The fourth-order valence-corrected chi connectivity index (χ4v) is 6.04. The molecule has 0 aromatic carbocycles. The lowest BCUT2D eigenvalue weighted by Crippen LogP contribution is -2.47. The molecule has 0 aliphatic rings. The Kier molecular flexibility index (Phi) is 32.0. The molecule has 6 unspecified atom stereocenters. The van der Waals surface area contributed by atoms with E-state index in [0.29, 0.717) is 38.3 Å². The smallest absolute Gasteiger partial charge is 0.323 e. The van der Waals surface area contributed by atoms with Gasteiger partial charge in [-0.2, -0.15) is 0 Å². The molecular weight excluding hydrogens is 660 g/mol. The number of ether oxygens (including phenoxy) is 4. The largest absolute Gasteiger partial charge is 0.465 e. The number of carbonyl (C=O) groups is 4. The Balaban J connectivity index is 5.59. The van der Waals surface area contributed by atoms with Crippen molar-refractivity contribution >= 4 is 23.9 Å². The van der Waals surface area contributed by atoms with Crippen molar-refractivity contribution < 1.29 is 38.1 Å². The Labute approximate surface area is 318 Å². The average molecular weight is 741 g/mol. The van der Waals surface area contributed by atoms with Gasteiger partial charge in [-0.25, -0.2) is 0 Å². The van der Waals surface area contributed by atoms with Gasteiger partial charge in [0.25, 0.3) is 0 Å². The van der Waals surface area contributed by atoms with Gasteiger partial charge in [-0.15, -0.1) is 0 Å². The van der Waals surface area contributed by atoms with Crippen LogP contribution in [0.5, 0.6) is 0 Å². The average Bonchev–Trinajstić information content (AvgIpc) is 3.15. The van der Waals surface area contributed by atoms with Gasteiger partial charge in [-0.1, -0.05) is 132 Å². The van der Waals surface area contributed by atoms with Crippen molar-refractivity contribution in [2.45, 2.75) is 183 Å². The third-order valence-electron chi connectivity index (χ3n) is 10.3. The summed E-state index contributed by atoms with van der Waals surface area (Å²) in [5.74, 6) is -0.755. The van der Waals surface area contributed by atoms with E-state index in [9.17, 15) is 19.2 Å². The molecule has 306 valence electrons. The summed E-state index contributed by atoms with van der Waals surface area (Å²) in [6.45, 7) is 18.7. The molecule has 0 fully saturated rings. The van der Waals surface area contributed by atoms with Gasteiger partial charge in [0.1, 0.15) is 12.1 Å². The molecular formula is C42H80N2O8. The normalized spacial score (nSPS) is 14.8. The maximum Gasteiger partial charge on any atom is 0.323 e. The summed E-state index contributed by atoms with van der Waals surface area (Å²) in [6, 6.07) is -1.80. The molecule has 0 aliphatic heterocycles. The molecule has 0 saturated heterocycles. The molecule has 10 nitrogen and oxygen atoms in total. The SMILES string of the molecule is CCCCC(CC)COC(=O)CC(NCCNC(CC(=O)OCC(CC)CCCC)C(=O)OCC(CC)CCCC)C(=O)OCC(CC)CCCC. The zero-order valence-corrected chi connectivity index (χ0v) is 34.7. The topological polar surface area (TPSA) is 129 Å². The van der Waals surface area contributed by atoms with Crippen LogP contribution in [0.25, 0.3) is 0 Å². The van der Waals surface area contributed by atoms with Crippen LogP contribution in [0.2, 0.25) is 0 Å². The number of hydrogen-bond acceptors (Lipinski definition) is 10. The summed E-state index contributed by atoms with van der Waals surface area (Å²) in [6.07, 6.45) is 15.9. The third kappa shape index (κ3) is 24.9. The zero-order chi connectivity index (χ0) is 39.0. The van der Waals surface area contributed by atoms with Crippen molar-refractivity contribution in [3.05, 3.63) is 0 Å². The summed E-state index contributed by atoms with van der Waals surface area (Å²) in [4.78, 5) is 52.5. The summed E-state index contributed by atoms with van der Waals surface area (Å²) < 4.78 is 22.7. The Morgan fingerprint density at radius 1 is 0.423 bits per heavy atom. The molecule has 52 heavy (non-hydrogen) atoms.